The van der Waals surface area contributed by atoms with Crippen molar-refractivity contribution in [1.29, 1.82) is 0 Å². The van der Waals surface area contributed by atoms with E-state index in [1.807, 2.05) is 30.3 Å². The van der Waals surface area contributed by atoms with Crippen LogP contribution in [0.25, 0.3) is 6.08 Å². The summed E-state index contributed by atoms with van der Waals surface area (Å²) < 4.78 is 16.9. The van der Waals surface area contributed by atoms with Gasteiger partial charge in [-0.3, -0.25) is 4.79 Å². The molecule has 0 aliphatic carbocycles. The Bertz CT molecular complexity index is 1180. The first-order chi connectivity index (χ1) is 15.1. The Morgan fingerprint density at radius 1 is 1.00 bits per heavy atom. The Labute approximate surface area is 190 Å². The average Bonchev–Trinajstić information content (AvgIpc) is 3.08. The lowest BCUT2D eigenvalue weighted by atomic mass is 10.1. The van der Waals surface area contributed by atoms with Gasteiger partial charge in [-0.15, -0.1) is 0 Å². The molecular formula is C25H18Cl2O4. The van der Waals surface area contributed by atoms with Crippen molar-refractivity contribution in [3.05, 3.63) is 105 Å². The first-order valence-electron chi connectivity index (χ1n) is 9.50. The minimum atomic E-state index is -0.180. The van der Waals surface area contributed by atoms with Crippen LogP contribution in [0.15, 0.2) is 78.6 Å². The highest BCUT2D eigenvalue weighted by Crippen LogP contribution is 2.35. The van der Waals surface area contributed by atoms with Gasteiger partial charge in [-0.25, -0.2) is 0 Å². The molecule has 31 heavy (non-hydrogen) atoms. The van der Waals surface area contributed by atoms with E-state index in [1.54, 1.807) is 55.7 Å². The molecule has 0 radical (unpaired) electrons. The highest BCUT2D eigenvalue weighted by Gasteiger charge is 2.27. The molecule has 0 N–H and O–H groups in total. The van der Waals surface area contributed by atoms with Crippen LogP contribution in [0.1, 0.15) is 21.5 Å². The first-order valence-corrected chi connectivity index (χ1v) is 10.3. The number of benzene rings is 3. The molecule has 3 aromatic carbocycles. The van der Waals surface area contributed by atoms with Crippen LogP contribution < -0.4 is 14.2 Å². The molecule has 1 aliphatic heterocycles. The fourth-order valence-corrected chi connectivity index (χ4v) is 3.65. The number of rotatable bonds is 6. The molecule has 0 amide bonds. The van der Waals surface area contributed by atoms with Crippen molar-refractivity contribution in [2.75, 3.05) is 7.11 Å². The van der Waals surface area contributed by atoms with Crippen LogP contribution >= 0.6 is 23.2 Å². The normalized spacial score (nSPS) is 14.0. The maximum absolute atomic E-state index is 12.6. The molecule has 1 heterocycles. The molecule has 0 saturated heterocycles. The molecule has 156 valence electrons. The summed E-state index contributed by atoms with van der Waals surface area (Å²) >= 11 is 12.4. The highest BCUT2D eigenvalue weighted by atomic mass is 35.5. The van der Waals surface area contributed by atoms with E-state index in [1.165, 1.54) is 0 Å². The second kappa shape index (κ2) is 9.29. The summed E-state index contributed by atoms with van der Waals surface area (Å²) in [6.45, 7) is 0.204. The Morgan fingerprint density at radius 2 is 1.77 bits per heavy atom. The summed E-state index contributed by atoms with van der Waals surface area (Å²) in [6, 6.07) is 18.0. The molecule has 0 saturated carbocycles. The summed E-state index contributed by atoms with van der Waals surface area (Å²) in [4.78, 5) is 12.6. The fraction of sp³-hybridized carbons (Fsp3) is 0.0800. The number of methoxy groups -OCH3 is 1. The average molecular weight is 453 g/mol. The number of hydrogen-bond donors (Lipinski definition) is 0. The molecule has 6 heteroatoms. The number of hydrogen-bond acceptors (Lipinski definition) is 4. The molecule has 0 bridgehead atoms. The van der Waals surface area contributed by atoms with Crippen molar-refractivity contribution < 1.29 is 19.0 Å². The van der Waals surface area contributed by atoms with E-state index >= 15 is 0 Å². The van der Waals surface area contributed by atoms with Gasteiger partial charge in [-0.2, -0.15) is 0 Å². The predicted molar refractivity (Wildman–Crippen MR) is 122 cm³/mol. The predicted octanol–water partition coefficient (Wildman–Crippen LogP) is 6.75. The molecule has 3 aromatic rings. The Kier molecular flexibility index (Phi) is 6.31. The van der Waals surface area contributed by atoms with Crippen molar-refractivity contribution in [3.63, 3.8) is 0 Å². The van der Waals surface area contributed by atoms with Gasteiger partial charge in [0.1, 0.15) is 23.9 Å². The number of allylic oxidation sites excluding steroid dienone is 3. The van der Waals surface area contributed by atoms with Crippen molar-refractivity contribution >= 4 is 35.1 Å². The van der Waals surface area contributed by atoms with E-state index in [4.69, 9.17) is 37.4 Å². The van der Waals surface area contributed by atoms with E-state index in [2.05, 4.69) is 0 Å². The zero-order valence-corrected chi connectivity index (χ0v) is 18.1. The largest absolute Gasteiger partial charge is 0.496 e. The third-order valence-corrected chi connectivity index (χ3v) is 5.46. The van der Waals surface area contributed by atoms with Gasteiger partial charge in [0.25, 0.3) is 0 Å². The van der Waals surface area contributed by atoms with E-state index in [0.717, 1.165) is 11.3 Å². The SMILES string of the molecule is COc1ccccc1/C=C/C=C1\Oc2cc(OCc3c(Cl)cccc3Cl)ccc2C1=O. The zero-order valence-electron chi connectivity index (χ0n) is 16.6. The first kappa shape index (κ1) is 21.0. The maximum Gasteiger partial charge on any atom is 0.231 e. The number of carbonyl (C=O) groups excluding carboxylic acids is 1. The van der Waals surface area contributed by atoms with Gasteiger partial charge in [0.15, 0.2) is 5.76 Å². The maximum atomic E-state index is 12.6. The van der Waals surface area contributed by atoms with Gasteiger partial charge in [-0.05, 0) is 36.4 Å². The monoisotopic (exact) mass is 452 g/mol. The van der Waals surface area contributed by atoms with Gasteiger partial charge in [0.2, 0.25) is 5.78 Å². The van der Waals surface area contributed by atoms with Crippen LogP contribution in [0, 0.1) is 0 Å². The van der Waals surface area contributed by atoms with E-state index in [0.29, 0.717) is 32.7 Å². The zero-order chi connectivity index (χ0) is 21.8. The van der Waals surface area contributed by atoms with Crippen LogP contribution in [0.5, 0.6) is 17.2 Å². The topological polar surface area (TPSA) is 44.8 Å². The van der Waals surface area contributed by atoms with Crippen molar-refractivity contribution in [2.24, 2.45) is 0 Å². The highest BCUT2D eigenvalue weighted by molar-refractivity contribution is 6.35. The molecular weight excluding hydrogens is 435 g/mol. The van der Waals surface area contributed by atoms with Crippen LogP contribution in [-0.4, -0.2) is 12.9 Å². The number of ether oxygens (including phenoxy) is 3. The number of para-hydroxylation sites is 1. The van der Waals surface area contributed by atoms with Gasteiger partial charge in [-0.1, -0.05) is 59.6 Å². The summed E-state index contributed by atoms with van der Waals surface area (Å²) in [6.07, 6.45) is 5.25. The third-order valence-electron chi connectivity index (χ3n) is 4.75. The number of fused-ring (bicyclic) bond motifs is 1. The van der Waals surface area contributed by atoms with Crippen molar-refractivity contribution in [1.82, 2.24) is 0 Å². The molecule has 4 rings (SSSR count). The van der Waals surface area contributed by atoms with Crippen LogP contribution in [-0.2, 0) is 6.61 Å². The number of carbonyl (C=O) groups is 1. The molecule has 0 fully saturated rings. The third kappa shape index (κ3) is 4.61. The molecule has 0 unspecified atom stereocenters. The van der Waals surface area contributed by atoms with Gasteiger partial charge >= 0.3 is 0 Å². The quantitative estimate of drug-likeness (QED) is 0.387. The Morgan fingerprint density at radius 3 is 2.55 bits per heavy atom. The molecule has 1 aliphatic rings. The Hall–Kier alpha value is -3.21. The molecule has 4 nitrogen and oxygen atoms in total. The van der Waals surface area contributed by atoms with Gasteiger partial charge < -0.3 is 14.2 Å². The lowest BCUT2D eigenvalue weighted by Gasteiger charge is -2.10. The smallest absolute Gasteiger partial charge is 0.231 e. The second-order valence-corrected chi connectivity index (χ2v) is 7.52. The van der Waals surface area contributed by atoms with Crippen LogP contribution in [0.4, 0.5) is 0 Å². The van der Waals surface area contributed by atoms with Gasteiger partial charge in [0.05, 0.1) is 12.7 Å². The summed E-state index contributed by atoms with van der Waals surface area (Å²) in [5.41, 5.74) is 2.09. The Balaban J connectivity index is 1.48. The standard InChI is InChI=1S/C25H18Cl2O4/c1-29-22-10-3-2-6-16(22)7-4-11-23-25(28)18-13-12-17(14-24(18)31-23)30-15-19-20(26)8-5-9-21(19)27/h2-14H,15H2,1H3/b7-4+,23-11-. The summed E-state index contributed by atoms with van der Waals surface area (Å²) in [5, 5.41) is 1.07. The fourth-order valence-electron chi connectivity index (χ4n) is 3.14. The summed E-state index contributed by atoms with van der Waals surface area (Å²) in [7, 11) is 1.62. The summed E-state index contributed by atoms with van der Waals surface area (Å²) in [5.74, 6) is 1.81. The van der Waals surface area contributed by atoms with Gasteiger partial charge in [0, 0.05) is 27.2 Å². The number of halogens is 2. The number of ketones is 1. The molecule has 0 aromatic heterocycles. The van der Waals surface area contributed by atoms with E-state index < -0.39 is 0 Å². The minimum absolute atomic E-state index is 0.180. The second-order valence-electron chi connectivity index (χ2n) is 6.71. The van der Waals surface area contributed by atoms with Crippen LogP contribution in [0.2, 0.25) is 10.0 Å². The van der Waals surface area contributed by atoms with Crippen molar-refractivity contribution in [2.45, 2.75) is 6.61 Å². The lowest BCUT2D eigenvalue weighted by molar-refractivity contribution is 0.101. The lowest BCUT2D eigenvalue weighted by Crippen LogP contribution is -1.98. The molecule has 0 spiro atoms. The van der Waals surface area contributed by atoms with Crippen molar-refractivity contribution in [3.8, 4) is 17.2 Å². The minimum Gasteiger partial charge on any atom is -0.496 e. The van der Waals surface area contributed by atoms with E-state index in [9.17, 15) is 4.79 Å². The number of Topliss-reactive ketones (excluding diaryl/α,β-unsaturated/α-hetero) is 1. The molecule has 0 atom stereocenters. The van der Waals surface area contributed by atoms with E-state index in [-0.39, 0.29) is 18.1 Å². The van der Waals surface area contributed by atoms with Crippen LogP contribution in [0.3, 0.4) is 0 Å².